The summed E-state index contributed by atoms with van der Waals surface area (Å²) in [6, 6.07) is 6.12. The Morgan fingerprint density at radius 3 is 2.00 bits per heavy atom. The van der Waals surface area contributed by atoms with Crippen LogP contribution in [-0.2, 0) is 76.2 Å². The third-order valence-electron chi connectivity index (χ3n) is 8.34. The summed E-state index contributed by atoms with van der Waals surface area (Å²) < 4.78 is 54.2. The molecule has 294 valence electrons. The van der Waals surface area contributed by atoms with Gasteiger partial charge in [-0.1, -0.05) is 12.1 Å². The fraction of sp³-hybridized carbons (Fsp3) is 0.514. The quantitative estimate of drug-likeness (QED) is 0.124. The molecule has 0 amide bonds. The number of rotatable bonds is 12. The van der Waals surface area contributed by atoms with Crippen molar-refractivity contribution in [1.29, 1.82) is 0 Å². The van der Waals surface area contributed by atoms with Crippen LogP contribution in [-0.4, -0.2) is 121 Å². The molecule has 2 N–H and O–H groups in total. The first-order chi connectivity index (χ1) is 25.4. The minimum Gasteiger partial charge on any atom is -0.471 e. The predicted octanol–water partition coefficient (Wildman–Crippen LogP) is 0.162. The molecule has 2 fully saturated rings. The molecule has 1 aromatic rings. The summed E-state index contributed by atoms with van der Waals surface area (Å²) in [6.07, 6.45) is -10.4. The van der Waals surface area contributed by atoms with Crippen molar-refractivity contribution in [2.45, 2.75) is 95.8 Å². The van der Waals surface area contributed by atoms with Crippen LogP contribution < -0.4 is 4.74 Å². The maximum absolute atomic E-state index is 12.9. The SMILES string of the molecule is COC(=O)C1=CO[C@@H](O[C@@H]2O[C@H](COC(C)=O)[C@@H](OC(C)=O)[C@H](OC(C)=O)[C@H]2OC(C)=O)[C@@H]2[C@@H](O)[C@@H](OC(=O)/C=C/c3ccc(OC(C)=O)cc3)C[C@]12O. The molecule has 19 nitrogen and oxygen atoms in total. The number of methoxy groups -OCH3 is 1. The molecule has 3 aliphatic rings. The maximum Gasteiger partial charge on any atom is 0.339 e. The summed E-state index contributed by atoms with van der Waals surface area (Å²) in [5.41, 5.74) is -2.27. The number of hydrogen-bond donors (Lipinski definition) is 2. The van der Waals surface area contributed by atoms with E-state index < -0.39 is 121 Å². The summed E-state index contributed by atoms with van der Waals surface area (Å²) in [5, 5.41) is 23.5. The van der Waals surface area contributed by atoms with Crippen molar-refractivity contribution in [2.75, 3.05) is 13.7 Å². The lowest BCUT2D eigenvalue weighted by Gasteiger charge is -2.46. The van der Waals surface area contributed by atoms with E-state index in [1.54, 1.807) is 12.1 Å². The zero-order chi connectivity index (χ0) is 39.9. The Bertz CT molecular complexity index is 1670. The number of esters is 7. The molecule has 2 heterocycles. The lowest BCUT2D eigenvalue weighted by molar-refractivity contribution is -0.350. The van der Waals surface area contributed by atoms with Crippen LogP contribution in [0.3, 0.4) is 0 Å². The Kier molecular flexibility index (Phi) is 13.5. The van der Waals surface area contributed by atoms with Gasteiger partial charge in [0.1, 0.15) is 41.8 Å². The fourth-order valence-corrected chi connectivity index (χ4v) is 6.23. The number of aliphatic hydroxyl groups is 2. The van der Waals surface area contributed by atoms with Gasteiger partial charge in [0.2, 0.25) is 12.6 Å². The van der Waals surface area contributed by atoms with Crippen molar-refractivity contribution >= 4 is 47.9 Å². The molecular formula is C35H40O19. The van der Waals surface area contributed by atoms with Gasteiger partial charge < -0.3 is 57.6 Å². The van der Waals surface area contributed by atoms with Crippen molar-refractivity contribution in [1.82, 2.24) is 0 Å². The lowest BCUT2D eigenvalue weighted by atomic mass is 9.81. The van der Waals surface area contributed by atoms with Gasteiger partial charge in [-0.3, -0.25) is 24.0 Å². The van der Waals surface area contributed by atoms with E-state index in [0.29, 0.717) is 5.56 Å². The smallest absolute Gasteiger partial charge is 0.339 e. The van der Waals surface area contributed by atoms with Gasteiger partial charge in [-0.05, 0) is 23.8 Å². The first-order valence-corrected chi connectivity index (χ1v) is 16.4. The predicted molar refractivity (Wildman–Crippen MR) is 174 cm³/mol. The molecular weight excluding hydrogens is 724 g/mol. The minimum atomic E-state index is -2.32. The normalized spacial score (nSPS) is 30.1. The van der Waals surface area contributed by atoms with E-state index in [4.69, 9.17) is 47.4 Å². The van der Waals surface area contributed by atoms with Crippen LogP contribution in [0.4, 0.5) is 0 Å². The van der Waals surface area contributed by atoms with Crippen LogP contribution in [0.2, 0.25) is 0 Å². The molecule has 19 heteroatoms. The second-order valence-corrected chi connectivity index (χ2v) is 12.3. The number of ether oxygens (including phenoxy) is 10. The van der Waals surface area contributed by atoms with E-state index in [1.165, 1.54) is 25.1 Å². The van der Waals surface area contributed by atoms with E-state index in [9.17, 15) is 43.8 Å². The molecule has 0 spiro atoms. The van der Waals surface area contributed by atoms with E-state index in [2.05, 4.69) is 0 Å². The van der Waals surface area contributed by atoms with Crippen molar-refractivity contribution in [3.8, 4) is 5.75 Å². The van der Waals surface area contributed by atoms with Gasteiger partial charge >= 0.3 is 41.8 Å². The van der Waals surface area contributed by atoms with E-state index >= 15 is 0 Å². The van der Waals surface area contributed by atoms with Crippen molar-refractivity contribution < 1.29 is 91.1 Å². The fourth-order valence-electron chi connectivity index (χ4n) is 6.23. The molecule has 1 saturated heterocycles. The van der Waals surface area contributed by atoms with Gasteiger partial charge in [-0.2, -0.15) is 0 Å². The third-order valence-corrected chi connectivity index (χ3v) is 8.34. The summed E-state index contributed by atoms with van der Waals surface area (Å²) in [5.74, 6) is -7.31. The Balaban J connectivity index is 1.64. The monoisotopic (exact) mass is 764 g/mol. The average molecular weight is 765 g/mol. The highest BCUT2D eigenvalue weighted by atomic mass is 16.8. The molecule has 54 heavy (non-hydrogen) atoms. The van der Waals surface area contributed by atoms with Gasteiger partial charge in [-0.25, -0.2) is 9.59 Å². The Labute approximate surface area is 307 Å². The largest absolute Gasteiger partial charge is 0.471 e. The van der Waals surface area contributed by atoms with Gasteiger partial charge in [0.15, 0.2) is 18.3 Å². The number of hydrogen-bond acceptors (Lipinski definition) is 19. The topological polar surface area (TPSA) is 252 Å². The third kappa shape index (κ3) is 9.98. The highest BCUT2D eigenvalue weighted by molar-refractivity contribution is 5.91. The molecule has 0 aromatic heterocycles. The number of aliphatic hydroxyl groups excluding tert-OH is 1. The number of carbonyl (C=O) groups excluding carboxylic acids is 7. The number of fused-ring (bicyclic) bond motifs is 1. The van der Waals surface area contributed by atoms with Gasteiger partial charge in [0, 0.05) is 47.1 Å². The van der Waals surface area contributed by atoms with Crippen molar-refractivity contribution in [3.63, 3.8) is 0 Å². The molecule has 2 aliphatic heterocycles. The van der Waals surface area contributed by atoms with Crippen molar-refractivity contribution in [3.05, 3.63) is 47.7 Å². The molecule has 1 aromatic carbocycles. The standard InChI is InChI=1S/C35H40O19/c1-16(36)46-15-25-29(49-18(3)38)30(50-19(4)39)31(51-20(5)40)34(53-25)54-33-27-28(42)24(13-35(27,44)23(14-47-33)32(43)45-6)52-26(41)12-9-21-7-10-22(11-8-21)48-17(2)37/h7-12,14,24-25,27-31,33-34,42,44H,13,15H2,1-6H3/b12-9+/t24-,25+,27-,28-,29+,30-,31+,33-,34-,35-/m0/s1. The summed E-state index contributed by atoms with van der Waals surface area (Å²) >= 11 is 0. The Morgan fingerprint density at radius 2 is 1.43 bits per heavy atom. The van der Waals surface area contributed by atoms with Gasteiger partial charge in [0.05, 0.1) is 19.3 Å². The second-order valence-electron chi connectivity index (χ2n) is 12.3. The molecule has 1 aliphatic carbocycles. The van der Waals surface area contributed by atoms with E-state index in [1.807, 2.05) is 0 Å². The minimum absolute atomic E-state index is 0.282. The van der Waals surface area contributed by atoms with Gasteiger partial charge in [-0.15, -0.1) is 0 Å². The zero-order valence-electron chi connectivity index (χ0n) is 30.0. The maximum atomic E-state index is 12.9. The summed E-state index contributed by atoms with van der Waals surface area (Å²) in [4.78, 5) is 85.2. The first-order valence-electron chi connectivity index (χ1n) is 16.4. The van der Waals surface area contributed by atoms with E-state index in [-0.39, 0.29) is 5.75 Å². The van der Waals surface area contributed by atoms with Crippen LogP contribution in [0, 0.1) is 5.92 Å². The molecule has 0 radical (unpaired) electrons. The molecule has 0 bridgehead atoms. The number of carbonyl (C=O) groups is 7. The highest BCUT2D eigenvalue weighted by Gasteiger charge is 2.64. The number of benzene rings is 1. The lowest BCUT2D eigenvalue weighted by Crippen LogP contribution is -2.64. The van der Waals surface area contributed by atoms with Crippen LogP contribution in [0.15, 0.2) is 42.2 Å². The Morgan fingerprint density at radius 1 is 0.815 bits per heavy atom. The average Bonchev–Trinajstić information content (AvgIpc) is 3.34. The van der Waals surface area contributed by atoms with Crippen LogP contribution in [0.5, 0.6) is 5.75 Å². The highest BCUT2D eigenvalue weighted by Crippen LogP contribution is 2.49. The zero-order valence-corrected chi connectivity index (χ0v) is 30.0. The molecule has 0 unspecified atom stereocenters. The molecule has 10 atom stereocenters. The first kappa shape index (κ1) is 41.4. The van der Waals surface area contributed by atoms with Crippen LogP contribution in [0.25, 0.3) is 6.08 Å². The van der Waals surface area contributed by atoms with Gasteiger partial charge in [0.25, 0.3) is 0 Å². The Hall–Kier alpha value is -5.37. The van der Waals surface area contributed by atoms with Crippen LogP contribution in [0.1, 0.15) is 46.6 Å². The van der Waals surface area contributed by atoms with Crippen LogP contribution >= 0.6 is 0 Å². The summed E-state index contributed by atoms with van der Waals surface area (Å²) in [7, 11) is 1.04. The van der Waals surface area contributed by atoms with E-state index in [0.717, 1.165) is 47.1 Å². The summed E-state index contributed by atoms with van der Waals surface area (Å²) in [6.45, 7) is 4.85. The second kappa shape index (κ2) is 17.6. The molecule has 1 saturated carbocycles. The van der Waals surface area contributed by atoms with Crippen molar-refractivity contribution in [2.24, 2.45) is 5.92 Å². The molecule has 4 rings (SSSR count).